The lowest BCUT2D eigenvalue weighted by atomic mass is 10.0. The van der Waals surface area contributed by atoms with E-state index in [1.807, 2.05) is 55.6 Å². The van der Waals surface area contributed by atoms with Crippen LogP contribution in [0.5, 0.6) is 0 Å². The number of aromatic nitrogens is 1. The average Bonchev–Trinajstić information content (AvgIpc) is 3.19. The summed E-state index contributed by atoms with van der Waals surface area (Å²) >= 11 is 2.58. The van der Waals surface area contributed by atoms with Crippen molar-refractivity contribution in [2.24, 2.45) is 0 Å². The first kappa shape index (κ1) is 19.6. The van der Waals surface area contributed by atoms with E-state index in [-0.39, 0.29) is 28.5 Å². The first-order chi connectivity index (χ1) is 13.5. The van der Waals surface area contributed by atoms with Gasteiger partial charge in [-0.05, 0) is 30.9 Å². The van der Waals surface area contributed by atoms with Crippen molar-refractivity contribution in [3.8, 4) is 22.6 Å². The third-order valence-corrected chi connectivity index (χ3v) is 6.07. The van der Waals surface area contributed by atoms with Crippen LogP contribution in [0.4, 0.5) is 5.82 Å². The number of nitrogens with two attached hydrogens (primary N) is 1. The SMILES string of the molecule is Cc1ccc(C(=O)CSc2nc(N)c(C#N)c(-c3cccs3)c2C#N)c(C)c1. The molecule has 0 spiro atoms. The molecule has 28 heavy (non-hydrogen) atoms. The zero-order valence-electron chi connectivity index (χ0n) is 15.3. The molecule has 0 saturated carbocycles. The van der Waals surface area contributed by atoms with Gasteiger partial charge in [-0.15, -0.1) is 11.3 Å². The fraction of sp³-hybridized carbons (Fsp3) is 0.143. The largest absolute Gasteiger partial charge is 0.383 e. The predicted molar refractivity (Wildman–Crippen MR) is 112 cm³/mol. The summed E-state index contributed by atoms with van der Waals surface area (Å²) in [4.78, 5) is 17.7. The molecule has 0 aliphatic rings. The normalized spacial score (nSPS) is 10.3. The van der Waals surface area contributed by atoms with Gasteiger partial charge in [0, 0.05) is 16.0 Å². The Morgan fingerprint density at radius 1 is 1.21 bits per heavy atom. The van der Waals surface area contributed by atoms with Crippen LogP contribution in [-0.4, -0.2) is 16.5 Å². The summed E-state index contributed by atoms with van der Waals surface area (Å²) in [5, 5.41) is 21.5. The number of pyridine rings is 1. The minimum absolute atomic E-state index is 0.0474. The second-order valence-corrected chi connectivity index (χ2v) is 8.07. The van der Waals surface area contributed by atoms with E-state index in [9.17, 15) is 15.3 Å². The predicted octanol–water partition coefficient (Wildman–Crippen LogP) is 4.73. The monoisotopic (exact) mass is 404 g/mol. The summed E-state index contributed by atoms with van der Waals surface area (Å²) in [5.41, 5.74) is 9.58. The first-order valence-electron chi connectivity index (χ1n) is 8.37. The number of ketones is 1. The molecule has 0 fully saturated rings. The van der Waals surface area contributed by atoms with Crippen molar-refractivity contribution in [2.75, 3.05) is 11.5 Å². The van der Waals surface area contributed by atoms with E-state index in [2.05, 4.69) is 11.1 Å². The molecular weight excluding hydrogens is 388 g/mol. The van der Waals surface area contributed by atoms with Crippen LogP contribution in [0, 0.1) is 36.5 Å². The van der Waals surface area contributed by atoms with Gasteiger partial charge in [-0.3, -0.25) is 4.79 Å². The van der Waals surface area contributed by atoms with Gasteiger partial charge < -0.3 is 5.73 Å². The second kappa shape index (κ2) is 8.26. The molecule has 0 saturated heterocycles. The van der Waals surface area contributed by atoms with Gasteiger partial charge in [0.15, 0.2) is 5.78 Å². The Bertz CT molecular complexity index is 1140. The topological polar surface area (TPSA) is 104 Å². The molecule has 0 amide bonds. The molecule has 0 aliphatic heterocycles. The number of hydrogen-bond donors (Lipinski definition) is 1. The number of hydrogen-bond acceptors (Lipinski definition) is 7. The molecule has 5 nitrogen and oxygen atoms in total. The highest BCUT2D eigenvalue weighted by Crippen LogP contribution is 2.37. The van der Waals surface area contributed by atoms with E-state index in [0.29, 0.717) is 16.2 Å². The van der Waals surface area contributed by atoms with Crippen molar-refractivity contribution < 1.29 is 4.79 Å². The standard InChI is InChI=1S/C21H16N4OS2/c1-12-5-6-14(13(2)8-12)17(26)11-28-21-16(10-23)19(18-4-3-7-27-18)15(9-22)20(24)25-21/h3-8H,11H2,1-2H3,(H2,24,25). The van der Waals surface area contributed by atoms with Gasteiger partial charge in [0.05, 0.1) is 11.3 Å². The Morgan fingerprint density at radius 3 is 2.57 bits per heavy atom. The molecule has 2 N–H and O–H groups in total. The molecule has 2 aromatic heterocycles. The number of thiophene rings is 1. The Balaban J connectivity index is 1.98. The Kier molecular flexibility index (Phi) is 5.79. The van der Waals surface area contributed by atoms with Crippen LogP contribution < -0.4 is 5.73 Å². The maximum atomic E-state index is 12.7. The molecule has 2 heterocycles. The molecule has 3 rings (SSSR count). The number of nitrogen functional groups attached to an aromatic ring is 1. The van der Waals surface area contributed by atoms with Crippen molar-refractivity contribution in [3.63, 3.8) is 0 Å². The summed E-state index contributed by atoms with van der Waals surface area (Å²) in [6, 6.07) is 13.5. The number of anilines is 1. The Hall–Kier alpha value is -3.13. The van der Waals surface area contributed by atoms with Gasteiger partial charge >= 0.3 is 0 Å². The number of benzene rings is 1. The van der Waals surface area contributed by atoms with Gasteiger partial charge in [0.2, 0.25) is 0 Å². The molecule has 138 valence electrons. The zero-order valence-corrected chi connectivity index (χ0v) is 16.9. The van der Waals surface area contributed by atoms with Crippen LogP contribution in [0.3, 0.4) is 0 Å². The number of nitriles is 2. The summed E-state index contributed by atoms with van der Waals surface area (Å²) in [7, 11) is 0. The lowest BCUT2D eigenvalue weighted by Crippen LogP contribution is -2.07. The molecule has 0 bridgehead atoms. The smallest absolute Gasteiger partial charge is 0.173 e. The maximum absolute atomic E-state index is 12.7. The molecule has 1 aromatic carbocycles. The number of Topliss-reactive ketones (excluding diaryl/α,β-unsaturated/α-hetero) is 1. The number of carbonyl (C=O) groups is 1. The fourth-order valence-corrected chi connectivity index (χ4v) is 4.57. The lowest BCUT2D eigenvalue weighted by molar-refractivity contribution is 0.102. The lowest BCUT2D eigenvalue weighted by Gasteiger charge is -2.12. The maximum Gasteiger partial charge on any atom is 0.173 e. The van der Waals surface area contributed by atoms with Crippen LogP contribution >= 0.6 is 23.1 Å². The number of aryl methyl sites for hydroxylation is 2. The van der Waals surface area contributed by atoms with E-state index in [1.54, 1.807) is 0 Å². The minimum Gasteiger partial charge on any atom is -0.383 e. The fourth-order valence-electron chi connectivity index (χ4n) is 2.91. The zero-order chi connectivity index (χ0) is 20.3. The van der Waals surface area contributed by atoms with E-state index < -0.39 is 0 Å². The van der Waals surface area contributed by atoms with Crippen molar-refractivity contribution in [1.82, 2.24) is 4.98 Å². The summed E-state index contributed by atoms with van der Waals surface area (Å²) in [5.74, 6) is 0.140. The van der Waals surface area contributed by atoms with Crippen LogP contribution in [0.15, 0.2) is 40.7 Å². The number of carbonyl (C=O) groups excluding carboxylic acids is 1. The molecule has 0 aliphatic carbocycles. The average molecular weight is 405 g/mol. The first-order valence-corrected chi connectivity index (χ1v) is 10.2. The van der Waals surface area contributed by atoms with Gasteiger partial charge in [-0.2, -0.15) is 10.5 Å². The van der Waals surface area contributed by atoms with Crippen LogP contribution in [0.2, 0.25) is 0 Å². The highest BCUT2D eigenvalue weighted by molar-refractivity contribution is 8.00. The molecular formula is C21H16N4OS2. The highest BCUT2D eigenvalue weighted by atomic mass is 32.2. The van der Waals surface area contributed by atoms with E-state index >= 15 is 0 Å². The van der Waals surface area contributed by atoms with Gasteiger partial charge in [0.25, 0.3) is 0 Å². The van der Waals surface area contributed by atoms with Crippen molar-refractivity contribution >= 4 is 34.7 Å². The van der Waals surface area contributed by atoms with Crippen molar-refractivity contribution in [1.29, 1.82) is 10.5 Å². The molecule has 0 unspecified atom stereocenters. The number of nitrogens with zero attached hydrogens (tertiary/aromatic N) is 3. The quantitative estimate of drug-likeness (QED) is 0.487. The van der Waals surface area contributed by atoms with Crippen LogP contribution in [0.25, 0.3) is 10.4 Å². The highest BCUT2D eigenvalue weighted by Gasteiger charge is 2.22. The third-order valence-electron chi connectivity index (χ3n) is 4.21. The Labute approximate surface area is 171 Å². The summed E-state index contributed by atoms with van der Waals surface area (Å²) < 4.78 is 0. The van der Waals surface area contributed by atoms with Crippen LogP contribution in [-0.2, 0) is 0 Å². The van der Waals surface area contributed by atoms with Crippen molar-refractivity contribution in [2.45, 2.75) is 18.9 Å². The molecule has 0 atom stereocenters. The van der Waals surface area contributed by atoms with E-state index in [1.165, 1.54) is 11.3 Å². The molecule has 0 radical (unpaired) electrons. The summed E-state index contributed by atoms with van der Waals surface area (Å²) in [6.07, 6.45) is 0. The van der Waals surface area contributed by atoms with E-state index in [0.717, 1.165) is 27.8 Å². The second-order valence-electron chi connectivity index (χ2n) is 6.16. The van der Waals surface area contributed by atoms with Gasteiger partial charge in [0.1, 0.15) is 28.5 Å². The minimum atomic E-state index is -0.0474. The molecule has 3 aromatic rings. The van der Waals surface area contributed by atoms with Gasteiger partial charge in [-0.1, -0.05) is 41.6 Å². The van der Waals surface area contributed by atoms with Crippen molar-refractivity contribution in [3.05, 3.63) is 63.5 Å². The number of rotatable bonds is 5. The van der Waals surface area contributed by atoms with E-state index in [4.69, 9.17) is 5.73 Å². The third kappa shape index (κ3) is 3.77. The Morgan fingerprint density at radius 2 is 1.96 bits per heavy atom. The van der Waals surface area contributed by atoms with Crippen LogP contribution in [0.1, 0.15) is 32.6 Å². The summed E-state index contributed by atoms with van der Waals surface area (Å²) in [6.45, 7) is 3.88. The van der Waals surface area contributed by atoms with Gasteiger partial charge in [-0.25, -0.2) is 4.98 Å². The molecule has 7 heteroatoms. The number of thioether (sulfide) groups is 1.